The smallest absolute Gasteiger partial charge is 0.229 e. The van der Waals surface area contributed by atoms with Crippen molar-refractivity contribution in [2.24, 2.45) is 5.41 Å². The fraction of sp³-hybridized carbons (Fsp3) is 0.562. The molecule has 0 aromatic heterocycles. The summed E-state index contributed by atoms with van der Waals surface area (Å²) < 4.78 is 0. The highest BCUT2D eigenvalue weighted by Gasteiger charge is 2.39. The van der Waals surface area contributed by atoms with Crippen molar-refractivity contribution in [3.05, 3.63) is 35.4 Å². The molecule has 0 unspecified atom stereocenters. The van der Waals surface area contributed by atoms with E-state index in [1.165, 1.54) is 11.1 Å². The van der Waals surface area contributed by atoms with E-state index < -0.39 is 5.41 Å². The minimum Gasteiger partial charge on any atom is -0.335 e. The Morgan fingerprint density at radius 2 is 1.89 bits per heavy atom. The first kappa shape index (κ1) is 14.4. The van der Waals surface area contributed by atoms with Crippen LogP contribution < -0.4 is 0 Å². The molecule has 0 bridgehead atoms. The molecule has 1 amide bonds. The Hall–Kier alpha value is -1.02. The summed E-state index contributed by atoms with van der Waals surface area (Å²) in [4.78, 5) is 14.6. The van der Waals surface area contributed by atoms with E-state index in [4.69, 9.17) is 11.6 Å². The number of nitrogens with zero attached hydrogens (tertiary/aromatic N) is 1. The Kier molecular flexibility index (Phi) is 4.19. The van der Waals surface area contributed by atoms with Crippen LogP contribution in [0.25, 0.3) is 0 Å². The van der Waals surface area contributed by atoms with Crippen LogP contribution >= 0.6 is 11.6 Å². The van der Waals surface area contributed by atoms with E-state index in [9.17, 15) is 4.79 Å². The first-order valence-electron chi connectivity index (χ1n) is 6.86. The van der Waals surface area contributed by atoms with Gasteiger partial charge in [-0.1, -0.05) is 29.8 Å². The quantitative estimate of drug-likeness (QED) is 0.752. The van der Waals surface area contributed by atoms with Crippen molar-refractivity contribution in [1.82, 2.24) is 4.90 Å². The molecule has 0 aliphatic heterocycles. The molecule has 1 saturated carbocycles. The molecule has 0 atom stereocenters. The van der Waals surface area contributed by atoms with Gasteiger partial charge in [-0.05, 0) is 39.2 Å². The number of carbonyl (C=O) groups is 1. The average molecular weight is 280 g/mol. The second kappa shape index (κ2) is 5.54. The molecule has 2 rings (SSSR count). The number of alkyl halides is 1. The van der Waals surface area contributed by atoms with Crippen molar-refractivity contribution >= 4 is 17.5 Å². The molecule has 1 aromatic rings. The monoisotopic (exact) mass is 279 g/mol. The van der Waals surface area contributed by atoms with Gasteiger partial charge >= 0.3 is 0 Å². The van der Waals surface area contributed by atoms with Gasteiger partial charge in [0.1, 0.15) is 0 Å². The van der Waals surface area contributed by atoms with Crippen LogP contribution in [-0.2, 0) is 11.3 Å². The summed E-state index contributed by atoms with van der Waals surface area (Å²) in [5.74, 6) is 0.536. The molecule has 0 radical (unpaired) electrons. The number of benzene rings is 1. The second-order valence-electron chi connectivity index (χ2n) is 6.17. The normalized spacial score (nSPS) is 15.4. The van der Waals surface area contributed by atoms with E-state index in [-0.39, 0.29) is 5.91 Å². The van der Waals surface area contributed by atoms with Crippen molar-refractivity contribution in [3.63, 3.8) is 0 Å². The molecule has 1 aliphatic carbocycles. The second-order valence-corrected chi connectivity index (χ2v) is 6.43. The zero-order chi connectivity index (χ0) is 14.0. The Bertz CT molecular complexity index is 448. The summed E-state index contributed by atoms with van der Waals surface area (Å²) in [5, 5.41) is 0. The lowest BCUT2D eigenvalue weighted by molar-refractivity contribution is -0.140. The van der Waals surface area contributed by atoms with Gasteiger partial charge in [-0.3, -0.25) is 4.79 Å². The lowest BCUT2D eigenvalue weighted by Crippen LogP contribution is -2.42. The number of rotatable bonds is 5. The van der Waals surface area contributed by atoms with E-state index in [1.54, 1.807) is 0 Å². The average Bonchev–Trinajstić information content (AvgIpc) is 3.21. The van der Waals surface area contributed by atoms with E-state index in [2.05, 4.69) is 31.2 Å². The summed E-state index contributed by atoms with van der Waals surface area (Å²) >= 11 is 5.93. The fourth-order valence-electron chi connectivity index (χ4n) is 2.09. The van der Waals surface area contributed by atoms with Gasteiger partial charge in [-0.15, -0.1) is 11.6 Å². The van der Waals surface area contributed by atoms with Gasteiger partial charge in [0, 0.05) is 18.5 Å². The summed E-state index contributed by atoms with van der Waals surface area (Å²) in [7, 11) is 0. The molecule has 1 aliphatic rings. The number of hydrogen-bond acceptors (Lipinski definition) is 1. The van der Waals surface area contributed by atoms with E-state index in [0.717, 1.165) is 12.8 Å². The Labute approximate surface area is 120 Å². The maximum absolute atomic E-state index is 12.6. The number of aryl methyl sites for hydroxylation is 1. The van der Waals surface area contributed by atoms with Gasteiger partial charge in [0.2, 0.25) is 5.91 Å². The number of amides is 1. The molecule has 0 heterocycles. The molecule has 3 heteroatoms. The van der Waals surface area contributed by atoms with Crippen LogP contribution in [0.1, 0.15) is 37.8 Å². The minimum absolute atomic E-state index is 0.172. The maximum atomic E-state index is 12.6. The minimum atomic E-state index is -0.477. The van der Waals surface area contributed by atoms with E-state index >= 15 is 0 Å². The van der Waals surface area contributed by atoms with Crippen molar-refractivity contribution in [2.75, 3.05) is 5.88 Å². The lowest BCUT2D eigenvalue weighted by atomic mass is 9.94. The fourth-order valence-corrected chi connectivity index (χ4v) is 2.20. The van der Waals surface area contributed by atoms with E-state index in [0.29, 0.717) is 18.5 Å². The topological polar surface area (TPSA) is 20.3 Å². The van der Waals surface area contributed by atoms with E-state index in [1.807, 2.05) is 18.7 Å². The van der Waals surface area contributed by atoms with Crippen molar-refractivity contribution in [2.45, 2.75) is 46.2 Å². The number of halogens is 1. The van der Waals surface area contributed by atoms with Crippen LogP contribution in [0.4, 0.5) is 0 Å². The zero-order valence-electron chi connectivity index (χ0n) is 11.9. The first-order valence-corrected chi connectivity index (χ1v) is 7.40. The van der Waals surface area contributed by atoms with Crippen LogP contribution in [0.5, 0.6) is 0 Å². The van der Waals surface area contributed by atoms with Gasteiger partial charge in [-0.25, -0.2) is 0 Å². The SMILES string of the molecule is Cc1ccc(CN(C(=O)C(C)(C)CCl)C2CC2)cc1. The zero-order valence-corrected chi connectivity index (χ0v) is 12.7. The maximum Gasteiger partial charge on any atom is 0.229 e. The molecule has 104 valence electrons. The molecule has 19 heavy (non-hydrogen) atoms. The van der Waals surface area contributed by atoms with Crippen LogP contribution in [0.2, 0.25) is 0 Å². The third kappa shape index (κ3) is 3.50. The van der Waals surface area contributed by atoms with Crippen LogP contribution in [0, 0.1) is 12.3 Å². The highest BCUT2D eigenvalue weighted by atomic mass is 35.5. The Morgan fingerprint density at radius 1 is 1.32 bits per heavy atom. The van der Waals surface area contributed by atoms with Crippen molar-refractivity contribution in [1.29, 1.82) is 0 Å². The predicted octanol–water partition coefficient (Wildman–Crippen LogP) is 3.75. The molecule has 0 N–H and O–H groups in total. The summed E-state index contributed by atoms with van der Waals surface area (Å²) in [6.45, 7) is 6.62. The van der Waals surface area contributed by atoms with Crippen LogP contribution in [-0.4, -0.2) is 22.7 Å². The first-order chi connectivity index (χ1) is 8.94. The standard InChI is InChI=1S/C16H22ClNO/c1-12-4-6-13(7-5-12)10-18(14-8-9-14)15(19)16(2,3)11-17/h4-7,14H,8-11H2,1-3H3. The summed E-state index contributed by atoms with van der Waals surface area (Å²) in [5.41, 5.74) is 1.96. The Morgan fingerprint density at radius 3 is 2.37 bits per heavy atom. The summed E-state index contributed by atoms with van der Waals surface area (Å²) in [6, 6.07) is 8.81. The third-order valence-corrected chi connectivity index (χ3v) is 4.30. The third-order valence-electron chi connectivity index (χ3n) is 3.64. The molecule has 1 fully saturated rings. The molecular weight excluding hydrogens is 258 g/mol. The van der Waals surface area contributed by atoms with Gasteiger partial charge in [0.05, 0.1) is 5.41 Å². The van der Waals surface area contributed by atoms with Gasteiger partial charge in [0.15, 0.2) is 0 Å². The van der Waals surface area contributed by atoms with Crippen LogP contribution in [0.15, 0.2) is 24.3 Å². The van der Waals surface area contributed by atoms with Crippen molar-refractivity contribution < 1.29 is 4.79 Å². The molecule has 0 saturated heterocycles. The van der Waals surface area contributed by atoms with Crippen molar-refractivity contribution in [3.8, 4) is 0 Å². The highest BCUT2D eigenvalue weighted by molar-refractivity contribution is 6.19. The van der Waals surface area contributed by atoms with Gasteiger partial charge < -0.3 is 4.90 Å². The molecule has 0 spiro atoms. The molecular formula is C16H22ClNO. The molecule has 2 nitrogen and oxygen atoms in total. The Balaban J connectivity index is 2.13. The highest BCUT2D eigenvalue weighted by Crippen LogP contribution is 2.33. The number of hydrogen-bond donors (Lipinski definition) is 0. The van der Waals surface area contributed by atoms with Gasteiger partial charge in [-0.2, -0.15) is 0 Å². The lowest BCUT2D eigenvalue weighted by Gasteiger charge is -2.31. The number of carbonyl (C=O) groups excluding carboxylic acids is 1. The van der Waals surface area contributed by atoms with Crippen LogP contribution in [0.3, 0.4) is 0 Å². The molecule has 1 aromatic carbocycles. The predicted molar refractivity (Wildman–Crippen MR) is 79.3 cm³/mol. The van der Waals surface area contributed by atoms with Gasteiger partial charge in [0.25, 0.3) is 0 Å². The largest absolute Gasteiger partial charge is 0.335 e. The summed E-state index contributed by atoms with van der Waals surface area (Å²) in [6.07, 6.45) is 2.24.